The number of nitrogens with one attached hydrogen (secondary N) is 2. The standard InChI is InChI=1S/C27H32N4O8S3/c1-38-18-9-8-16(19(10-18)39-2)12-31-22-15-6-4-14(5-7-15)20(22)23(32)21(27(31)33)25-29-26-24(42(36,37)30-25)17(13-40-26)11-28-41(3,34)35/h8-10,13-15,20-22,28H,4-7,11-12H2,1-3H3,(H,29,30). The number of benzene rings is 1. The Hall–Kier alpha value is -3.01. The van der Waals surface area contributed by atoms with Gasteiger partial charge in [0.2, 0.25) is 15.9 Å². The van der Waals surface area contributed by atoms with Gasteiger partial charge in [-0.1, -0.05) is 0 Å². The van der Waals surface area contributed by atoms with Crippen molar-refractivity contribution in [2.24, 2.45) is 28.1 Å². The lowest BCUT2D eigenvalue weighted by Crippen LogP contribution is -2.66. The summed E-state index contributed by atoms with van der Waals surface area (Å²) in [6.07, 6.45) is 4.63. The molecular formula is C27H32N4O8S3. The zero-order valence-corrected chi connectivity index (χ0v) is 25.8. The van der Waals surface area contributed by atoms with Crippen LogP contribution in [0.2, 0.25) is 0 Å². The number of amides is 1. The summed E-state index contributed by atoms with van der Waals surface area (Å²) in [7, 11) is -4.81. The molecule has 2 aromatic rings. The minimum Gasteiger partial charge on any atom is -0.497 e. The smallest absolute Gasteiger partial charge is 0.287 e. The summed E-state index contributed by atoms with van der Waals surface area (Å²) >= 11 is 1.05. The molecule has 5 aliphatic rings. The van der Waals surface area contributed by atoms with Crippen molar-refractivity contribution in [1.82, 2.24) is 9.62 Å². The van der Waals surface area contributed by atoms with Gasteiger partial charge in [0.15, 0.2) is 11.7 Å². The van der Waals surface area contributed by atoms with Crippen LogP contribution in [0.4, 0.5) is 5.00 Å². The van der Waals surface area contributed by atoms with Gasteiger partial charge in [-0.25, -0.2) is 13.1 Å². The second-order valence-corrected chi connectivity index (χ2v) is 15.5. The van der Waals surface area contributed by atoms with Crippen molar-refractivity contribution in [3.05, 3.63) is 34.7 Å². The van der Waals surface area contributed by atoms with Crippen LogP contribution in [0.1, 0.15) is 36.8 Å². The highest BCUT2D eigenvalue weighted by molar-refractivity contribution is 7.91. The number of ketones is 1. The number of hydrogen-bond donors (Lipinski definition) is 2. The molecular weight excluding hydrogens is 605 g/mol. The lowest BCUT2D eigenvalue weighted by Gasteiger charge is -2.55. The summed E-state index contributed by atoms with van der Waals surface area (Å²) in [5.41, 5.74) is 0.976. The summed E-state index contributed by atoms with van der Waals surface area (Å²) < 4.78 is 67.2. The number of likely N-dealkylation sites (tertiary alicyclic amines) is 1. The third kappa shape index (κ3) is 4.99. The highest BCUT2D eigenvalue weighted by atomic mass is 32.2. The van der Waals surface area contributed by atoms with Gasteiger partial charge in [-0.15, -0.1) is 15.7 Å². The molecule has 1 aromatic carbocycles. The number of carbonyl (C=O) groups excluding carboxylic acids is 2. The second kappa shape index (κ2) is 10.6. The number of anilines is 1. The predicted octanol–water partition coefficient (Wildman–Crippen LogP) is 2.36. The maximum atomic E-state index is 14.3. The Morgan fingerprint density at radius 2 is 1.81 bits per heavy atom. The number of methoxy groups -OCH3 is 2. The van der Waals surface area contributed by atoms with Crippen LogP contribution in [0.25, 0.3) is 0 Å². The molecule has 3 atom stereocenters. The minimum atomic E-state index is -4.33. The van der Waals surface area contributed by atoms with Gasteiger partial charge in [0.25, 0.3) is 10.0 Å². The molecule has 1 aromatic heterocycles. The molecule has 15 heteroatoms. The molecule has 42 heavy (non-hydrogen) atoms. The zero-order chi connectivity index (χ0) is 30.0. The summed E-state index contributed by atoms with van der Waals surface area (Å²) in [6.45, 7) is -0.0478. The normalized spacial score (nSPS) is 28.0. The highest BCUT2D eigenvalue weighted by Gasteiger charge is 2.58. The van der Waals surface area contributed by atoms with Crippen molar-refractivity contribution in [1.29, 1.82) is 0 Å². The van der Waals surface area contributed by atoms with E-state index in [4.69, 9.17) is 9.47 Å². The average molecular weight is 637 g/mol. The Bertz CT molecular complexity index is 1690. The summed E-state index contributed by atoms with van der Waals surface area (Å²) in [6, 6.07) is 5.07. The van der Waals surface area contributed by atoms with E-state index in [1.165, 1.54) is 12.5 Å². The van der Waals surface area contributed by atoms with Crippen LogP contribution in [0, 0.1) is 23.7 Å². The van der Waals surface area contributed by atoms with E-state index < -0.39 is 37.8 Å². The van der Waals surface area contributed by atoms with Gasteiger partial charge in [0.1, 0.15) is 27.2 Å². The van der Waals surface area contributed by atoms with E-state index in [1.54, 1.807) is 24.1 Å². The first kappa shape index (κ1) is 29.1. The SMILES string of the molecule is COc1ccc(CN2C(=O)C(C3=NS(=O)(=O)c4c(CNS(C)(=O)=O)csc4N3)C(=O)C3C4CCC(CC4)C32)c(OC)c1. The average Bonchev–Trinajstić information content (AvgIpc) is 3.38. The lowest BCUT2D eigenvalue weighted by molar-refractivity contribution is -0.162. The van der Waals surface area contributed by atoms with Crippen molar-refractivity contribution in [2.75, 3.05) is 25.8 Å². The van der Waals surface area contributed by atoms with Crippen molar-refractivity contribution in [3.63, 3.8) is 0 Å². The van der Waals surface area contributed by atoms with Crippen LogP contribution in [0.15, 0.2) is 32.9 Å². The quantitative estimate of drug-likeness (QED) is 0.415. The molecule has 2 aliphatic heterocycles. The minimum absolute atomic E-state index is 0.107. The Morgan fingerprint density at radius 3 is 2.48 bits per heavy atom. The van der Waals surface area contributed by atoms with Gasteiger partial charge in [-0.05, 0) is 55.0 Å². The monoisotopic (exact) mass is 636 g/mol. The fourth-order valence-corrected chi connectivity index (χ4v) is 10.1. The molecule has 3 unspecified atom stereocenters. The zero-order valence-electron chi connectivity index (χ0n) is 23.3. The Kier molecular flexibility index (Phi) is 7.35. The van der Waals surface area contributed by atoms with Gasteiger partial charge < -0.3 is 19.7 Å². The first-order chi connectivity index (χ1) is 19.9. The number of rotatable bonds is 8. The van der Waals surface area contributed by atoms with Crippen LogP contribution < -0.4 is 19.5 Å². The maximum Gasteiger partial charge on any atom is 0.287 e. The van der Waals surface area contributed by atoms with E-state index in [0.717, 1.165) is 48.8 Å². The van der Waals surface area contributed by atoms with Gasteiger partial charge in [0.05, 0.1) is 20.5 Å². The van der Waals surface area contributed by atoms with Crippen molar-refractivity contribution in [3.8, 4) is 11.5 Å². The molecule has 4 fully saturated rings. The number of Topliss-reactive ketones (excluding diaryl/α,β-unsaturated/α-hetero) is 1. The summed E-state index contributed by atoms with van der Waals surface area (Å²) in [5.74, 6) is -1.40. The van der Waals surface area contributed by atoms with E-state index in [9.17, 15) is 26.4 Å². The molecule has 2 bridgehead atoms. The molecule has 0 radical (unpaired) electrons. The molecule has 3 saturated carbocycles. The predicted molar refractivity (Wildman–Crippen MR) is 156 cm³/mol. The van der Waals surface area contributed by atoms with E-state index in [0.29, 0.717) is 11.5 Å². The van der Waals surface area contributed by atoms with Crippen molar-refractivity contribution >= 4 is 53.9 Å². The Labute approximate surface area is 248 Å². The number of nitrogens with zero attached hydrogens (tertiary/aromatic N) is 2. The first-order valence-electron chi connectivity index (χ1n) is 13.6. The van der Waals surface area contributed by atoms with Crippen LogP contribution in [-0.2, 0) is 42.7 Å². The number of piperidine rings is 1. The second-order valence-electron chi connectivity index (χ2n) is 11.3. The van der Waals surface area contributed by atoms with E-state index in [1.807, 2.05) is 6.07 Å². The molecule has 226 valence electrons. The number of fused-ring (bicyclic) bond motifs is 3. The van der Waals surface area contributed by atoms with E-state index in [2.05, 4.69) is 14.4 Å². The largest absolute Gasteiger partial charge is 0.497 e. The number of carbonyl (C=O) groups is 2. The van der Waals surface area contributed by atoms with Crippen LogP contribution in [0.5, 0.6) is 11.5 Å². The number of thiophene rings is 1. The van der Waals surface area contributed by atoms with Gasteiger partial charge in [0, 0.05) is 42.2 Å². The maximum absolute atomic E-state index is 14.3. The summed E-state index contributed by atoms with van der Waals surface area (Å²) in [5, 5.41) is 4.68. The fourth-order valence-electron chi connectivity index (χ4n) is 7.02. The molecule has 1 amide bonds. The lowest BCUT2D eigenvalue weighted by atomic mass is 9.57. The van der Waals surface area contributed by atoms with Gasteiger partial charge in [-0.2, -0.15) is 8.42 Å². The van der Waals surface area contributed by atoms with Crippen LogP contribution in [-0.4, -0.2) is 65.8 Å². The highest BCUT2D eigenvalue weighted by Crippen LogP contribution is 2.51. The third-order valence-corrected chi connectivity index (χ3v) is 12.0. The third-order valence-electron chi connectivity index (χ3n) is 8.85. The number of sulfonamides is 2. The molecule has 7 rings (SSSR count). The number of hydrogen-bond acceptors (Lipinski definition) is 10. The van der Waals surface area contributed by atoms with Crippen molar-refractivity contribution < 1.29 is 35.9 Å². The molecule has 12 nitrogen and oxygen atoms in total. The fraction of sp³-hybridized carbons (Fsp3) is 0.519. The molecule has 2 N–H and O–H groups in total. The Balaban J connectivity index is 1.38. The van der Waals surface area contributed by atoms with Gasteiger partial charge in [-0.3, -0.25) is 9.59 Å². The molecule has 0 spiro atoms. The van der Waals surface area contributed by atoms with Crippen LogP contribution in [0.3, 0.4) is 0 Å². The topological polar surface area (TPSA) is 161 Å². The summed E-state index contributed by atoms with van der Waals surface area (Å²) in [4.78, 5) is 30.0. The Morgan fingerprint density at radius 1 is 1.10 bits per heavy atom. The van der Waals surface area contributed by atoms with Crippen LogP contribution >= 0.6 is 11.3 Å². The van der Waals surface area contributed by atoms with Gasteiger partial charge >= 0.3 is 0 Å². The van der Waals surface area contributed by atoms with E-state index >= 15 is 0 Å². The number of ether oxygens (including phenoxy) is 2. The number of amidine groups is 1. The van der Waals surface area contributed by atoms with Crippen molar-refractivity contribution in [2.45, 2.75) is 49.7 Å². The molecule has 1 saturated heterocycles. The molecule has 3 heterocycles. The molecule has 3 aliphatic carbocycles. The van der Waals surface area contributed by atoms with E-state index in [-0.39, 0.29) is 58.0 Å². The first-order valence-corrected chi connectivity index (χ1v) is 17.8.